The van der Waals surface area contributed by atoms with E-state index >= 15 is 0 Å². The molecular formula is C17H14F3N3O5S. The molecule has 8 nitrogen and oxygen atoms in total. The van der Waals surface area contributed by atoms with Crippen LogP contribution in [0.4, 0.5) is 24.5 Å². The van der Waals surface area contributed by atoms with Gasteiger partial charge in [-0.25, -0.2) is 0 Å². The third-order valence-electron chi connectivity index (χ3n) is 3.34. The van der Waals surface area contributed by atoms with Crippen molar-refractivity contribution < 1.29 is 32.4 Å². The minimum absolute atomic E-state index is 0.0140. The molecule has 0 spiro atoms. The van der Waals surface area contributed by atoms with Gasteiger partial charge in [-0.1, -0.05) is 0 Å². The van der Waals surface area contributed by atoms with Crippen LogP contribution in [0.2, 0.25) is 0 Å². The van der Waals surface area contributed by atoms with E-state index in [9.17, 15) is 32.9 Å². The summed E-state index contributed by atoms with van der Waals surface area (Å²) in [6.45, 7) is -1.43. The number of thioether (sulfide) groups is 1. The highest BCUT2D eigenvalue weighted by Gasteiger charge is 2.28. The molecule has 12 heteroatoms. The minimum atomic E-state index is -4.46. The van der Waals surface area contributed by atoms with E-state index in [-0.39, 0.29) is 27.6 Å². The van der Waals surface area contributed by atoms with E-state index in [1.807, 2.05) is 0 Å². The van der Waals surface area contributed by atoms with Crippen LogP contribution in [0.15, 0.2) is 47.4 Å². The second-order valence-electron chi connectivity index (χ2n) is 5.57. The third-order valence-corrected chi connectivity index (χ3v) is 4.40. The van der Waals surface area contributed by atoms with E-state index in [0.29, 0.717) is 5.69 Å². The SMILES string of the molecule is NC(=O)c1ccc(SCC(=O)Nc2ccc(OCC(F)(F)F)cc2)c([N+](=O)[O-])c1. The van der Waals surface area contributed by atoms with Gasteiger partial charge in [0.15, 0.2) is 6.61 Å². The number of amides is 2. The molecule has 0 saturated carbocycles. The van der Waals surface area contributed by atoms with Gasteiger partial charge in [0, 0.05) is 17.3 Å². The molecule has 0 unspecified atom stereocenters. The summed E-state index contributed by atoms with van der Waals surface area (Å²) in [6.07, 6.45) is -4.46. The van der Waals surface area contributed by atoms with E-state index in [0.717, 1.165) is 17.8 Å². The van der Waals surface area contributed by atoms with Crippen molar-refractivity contribution in [3.05, 3.63) is 58.1 Å². The van der Waals surface area contributed by atoms with Crippen LogP contribution in [0.25, 0.3) is 0 Å². The molecule has 3 N–H and O–H groups in total. The number of carbonyl (C=O) groups is 2. The van der Waals surface area contributed by atoms with E-state index in [1.54, 1.807) is 0 Å². The first-order valence-electron chi connectivity index (χ1n) is 7.85. The van der Waals surface area contributed by atoms with Gasteiger partial charge in [-0.15, -0.1) is 11.8 Å². The molecule has 0 radical (unpaired) electrons. The molecule has 0 aliphatic carbocycles. The molecule has 0 heterocycles. The molecule has 2 aromatic carbocycles. The summed E-state index contributed by atoms with van der Waals surface area (Å²) in [4.78, 5) is 33.8. The lowest BCUT2D eigenvalue weighted by atomic mass is 10.2. The molecule has 0 fully saturated rings. The smallest absolute Gasteiger partial charge is 0.422 e. The standard InChI is InChI=1S/C17H14F3N3O5S/c18-17(19,20)9-28-12-4-2-11(3-5-12)22-15(24)8-29-14-6-1-10(16(21)25)7-13(14)23(26)27/h1-7H,8-9H2,(H2,21,25)(H,22,24). The van der Waals surface area contributed by atoms with Gasteiger partial charge in [-0.3, -0.25) is 19.7 Å². The molecule has 0 bridgehead atoms. The molecular weight excluding hydrogens is 415 g/mol. The van der Waals surface area contributed by atoms with E-state index in [4.69, 9.17) is 5.73 Å². The number of alkyl halides is 3. The van der Waals surface area contributed by atoms with Crippen LogP contribution in [0, 0.1) is 10.1 Å². The molecule has 29 heavy (non-hydrogen) atoms. The minimum Gasteiger partial charge on any atom is -0.484 e. The topological polar surface area (TPSA) is 125 Å². The summed E-state index contributed by atoms with van der Waals surface area (Å²) in [5.74, 6) is -1.50. The third kappa shape index (κ3) is 6.99. The number of nitrogens with zero attached hydrogens (tertiary/aromatic N) is 1. The lowest BCUT2D eigenvalue weighted by molar-refractivity contribution is -0.387. The Bertz CT molecular complexity index is 920. The number of nitrogens with two attached hydrogens (primary N) is 1. The van der Waals surface area contributed by atoms with Gasteiger partial charge in [0.25, 0.3) is 5.69 Å². The van der Waals surface area contributed by atoms with Crippen molar-refractivity contribution in [3.63, 3.8) is 0 Å². The van der Waals surface area contributed by atoms with Gasteiger partial charge >= 0.3 is 6.18 Å². The predicted molar refractivity (Wildman–Crippen MR) is 99.0 cm³/mol. The number of primary amides is 1. The summed E-state index contributed by atoms with van der Waals surface area (Å²) in [5.41, 5.74) is 5.02. The van der Waals surface area contributed by atoms with Crippen LogP contribution in [0.3, 0.4) is 0 Å². The fraction of sp³-hybridized carbons (Fsp3) is 0.176. The van der Waals surface area contributed by atoms with Crippen molar-refractivity contribution in [1.82, 2.24) is 0 Å². The quantitative estimate of drug-likeness (QED) is 0.377. The number of nitro benzene ring substituents is 1. The Hall–Kier alpha value is -3.28. The predicted octanol–water partition coefficient (Wildman–Crippen LogP) is 3.37. The van der Waals surface area contributed by atoms with Crippen molar-refractivity contribution in [1.29, 1.82) is 0 Å². The molecule has 0 atom stereocenters. The van der Waals surface area contributed by atoms with E-state index in [2.05, 4.69) is 10.1 Å². The van der Waals surface area contributed by atoms with Crippen molar-refractivity contribution in [2.75, 3.05) is 17.7 Å². The van der Waals surface area contributed by atoms with Gasteiger partial charge in [-0.2, -0.15) is 13.2 Å². The second-order valence-corrected chi connectivity index (χ2v) is 6.59. The zero-order valence-electron chi connectivity index (χ0n) is 14.6. The number of ether oxygens (including phenoxy) is 1. The highest BCUT2D eigenvalue weighted by Crippen LogP contribution is 2.30. The molecule has 2 aromatic rings. The lowest BCUT2D eigenvalue weighted by Gasteiger charge is -2.10. The average molecular weight is 429 g/mol. The normalized spacial score (nSPS) is 11.0. The van der Waals surface area contributed by atoms with Crippen LogP contribution in [-0.2, 0) is 4.79 Å². The summed E-state index contributed by atoms with van der Waals surface area (Å²) < 4.78 is 40.9. The van der Waals surface area contributed by atoms with Crippen LogP contribution in [-0.4, -0.2) is 35.3 Å². The molecule has 0 aliphatic heterocycles. The average Bonchev–Trinajstić information content (AvgIpc) is 2.65. The Labute approximate surface area is 166 Å². The number of benzene rings is 2. The highest BCUT2D eigenvalue weighted by molar-refractivity contribution is 8.00. The fourth-order valence-corrected chi connectivity index (χ4v) is 2.88. The number of nitrogens with one attached hydrogen (secondary N) is 1. The van der Waals surface area contributed by atoms with Gasteiger partial charge < -0.3 is 15.8 Å². The molecule has 0 aliphatic rings. The van der Waals surface area contributed by atoms with Crippen LogP contribution in [0.1, 0.15) is 10.4 Å². The molecule has 0 aromatic heterocycles. The fourth-order valence-electron chi connectivity index (χ4n) is 2.08. The Morgan fingerprint density at radius 1 is 1.17 bits per heavy atom. The molecule has 2 rings (SSSR count). The molecule has 154 valence electrons. The summed E-state index contributed by atoms with van der Waals surface area (Å²) >= 11 is 0.882. The van der Waals surface area contributed by atoms with Crippen molar-refractivity contribution >= 4 is 35.0 Å². The van der Waals surface area contributed by atoms with Crippen molar-refractivity contribution in [2.45, 2.75) is 11.1 Å². The number of nitro groups is 1. The Morgan fingerprint density at radius 3 is 2.38 bits per heavy atom. The van der Waals surface area contributed by atoms with Crippen molar-refractivity contribution in [2.24, 2.45) is 5.73 Å². The highest BCUT2D eigenvalue weighted by atomic mass is 32.2. The van der Waals surface area contributed by atoms with Gasteiger partial charge in [-0.05, 0) is 36.4 Å². The lowest BCUT2D eigenvalue weighted by Crippen LogP contribution is -2.19. The maximum Gasteiger partial charge on any atom is 0.422 e. The number of hydrogen-bond acceptors (Lipinski definition) is 6. The number of anilines is 1. The monoisotopic (exact) mass is 429 g/mol. The number of rotatable bonds is 8. The van der Waals surface area contributed by atoms with Gasteiger partial charge in [0.05, 0.1) is 15.6 Å². The molecule has 2 amide bonds. The maximum atomic E-state index is 12.1. The van der Waals surface area contributed by atoms with E-state index in [1.165, 1.54) is 36.4 Å². The largest absolute Gasteiger partial charge is 0.484 e. The van der Waals surface area contributed by atoms with Gasteiger partial charge in [0.2, 0.25) is 11.8 Å². The first kappa shape index (κ1) is 22.0. The van der Waals surface area contributed by atoms with E-state index < -0.39 is 29.5 Å². The first-order valence-corrected chi connectivity index (χ1v) is 8.84. The van der Waals surface area contributed by atoms with Crippen LogP contribution in [0.5, 0.6) is 5.75 Å². The maximum absolute atomic E-state index is 12.1. The van der Waals surface area contributed by atoms with Crippen LogP contribution >= 0.6 is 11.8 Å². The second kappa shape index (κ2) is 9.28. The zero-order chi connectivity index (χ0) is 21.6. The summed E-state index contributed by atoms with van der Waals surface area (Å²) in [7, 11) is 0. The first-order chi connectivity index (χ1) is 13.5. The Balaban J connectivity index is 1.95. The Kier molecular flexibility index (Phi) is 7.04. The Morgan fingerprint density at radius 2 is 1.83 bits per heavy atom. The van der Waals surface area contributed by atoms with Crippen LogP contribution < -0.4 is 15.8 Å². The van der Waals surface area contributed by atoms with Crippen molar-refractivity contribution in [3.8, 4) is 5.75 Å². The summed E-state index contributed by atoms with van der Waals surface area (Å²) in [5, 5.41) is 13.6. The number of carbonyl (C=O) groups excluding carboxylic acids is 2. The number of hydrogen-bond donors (Lipinski definition) is 2. The number of halogens is 3. The van der Waals surface area contributed by atoms with Gasteiger partial charge in [0.1, 0.15) is 5.75 Å². The molecule has 0 saturated heterocycles. The summed E-state index contributed by atoms with van der Waals surface area (Å²) in [6, 6.07) is 8.92. The zero-order valence-corrected chi connectivity index (χ0v) is 15.4.